The number of hydrogen-bond donors (Lipinski definition) is 1. The molecular weight excluding hydrogens is 320 g/mol. The van der Waals surface area contributed by atoms with Crippen LogP contribution in [0.3, 0.4) is 0 Å². The van der Waals surface area contributed by atoms with E-state index in [-0.39, 0.29) is 17.4 Å². The van der Waals surface area contributed by atoms with Crippen LogP contribution in [0, 0.1) is 6.92 Å². The zero-order chi connectivity index (χ0) is 17.4. The first-order chi connectivity index (χ1) is 12.1. The lowest BCUT2D eigenvalue weighted by molar-refractivity contribution is 0.0593. The second-order valence-corrected chi connectivity index (χ2v) is 5.95. The number of hydrogen-bond acceptors (Lipinski definition) is 6. The van der Waals surface area contributed by atoms with Gasteiger partial charge in [0.2, 0.25) is 11.8 Å². The van der Waals surface area contributed by atoms with E-state index < -0.39 is 6.04 Å². The van der Waals surface area contributed by atoms with Crippen molar-refractivity contribution in [1.82, 2.24) is 20.1 Å². The fourth-order valence-electron chi connectivity index (χ4n) is 3.10. The molecule has 4 rings (SSSR count). The largest absolute Gasteiger partial charge is 0.505 e. The number of pyridine rings is 1. The lowest BCUT2D eigenvalue weighted by Gasteiger charge is -2.34. The highest BCUT2D eigenvalue weighted by Crippen LogP contribution is 2.34. The first-order valence-electron chi connectivity index (χ1n) is 7.95. The van der Waals surface area contributed by atoms with E-state index in [1.54, 1.807) is 17.9 Å². The van der Waals surface area contributed by atoms with Gasteiger partial charge in [0.25, 0.3) is 5.91 Å². The third-order valence-corrected chi connectivity index (χ3v) is 4.33. The molecule has 1 aliphatic rings. The molecular formula is C18H16N4O3. The van der Waals surface area contributed by atoms with Gasteiger partial charge in [0.15, 0.2) is 5.69 Å². The maximum atomic E-state index is 13.0. The summed E-state index contributed by atoms with van der Waals surface area (Å²) >= 11 is 0. The molecule has 0 radical (unpaired) electrons. The van der Waals surface area contributed by atoms with Crippen molar-refractivity contribution in [2.75, 3.05) is 0 Å². The van der Waals surface area contributed by atoms with Gasteiger partial charge in [-0.3, -0.25) is 4.79 Å². The number of fused-ring (bicyclic) bond motifs is 1. The van der Waals surface area contributed by atoms with Gasteiger partial charge < -0.3 is 14.4 Å². The zero-order valence-electron chi connectivity index (χ0n) is 13.6. The average molecular weight is 336 g/mol. The topological polar surface area (TPSA) is 92.4 Å². The third kappa shape index (κ3) is 2.73. The minimum absolute atomic E-state index is 0.0168. The van der Waals surface area contributed by atoms with Crippen LogP contribution in [0.2, 0.25) is 0 Å². The molecule has 0 aliphatic carbocycles. The Bertz CT molecular complexity index is 937. The second-order valence-electron chi connectivity index (χ2n) is 5.95. The van der Waals surface area contributed by atoms with Crippen molar-refractivity contribution in [2.45, 2.75) is 25.9 Å². The van der Waals surface area contributed by atoms with E-state index >= 15 is 0 Å². The number of carbonyl (C=O) groups is 1. The Hall–Kier alpha value is -3.22. The number of benzene rings is 1. The van der Waals surface area contributed by atoms with Gasteiger partial charge in [-0.05, 0) is 23.3 Å². The van der Waals surface area contributed by atoms with Gasteiger partial charge in [-0.1, -0.05) is 24.3 Å². The monoisotopic (exact) mass is 336 g/mol. The Morgan fingerprint density at radius 3 is 2.72 bits per heavy atom. The second kappa shape index (κ2) is 6.01. The van der Waals surface area contributed by atoms with Crippen LogP contribution in [0.4, 0.5) is 0 Å². The Kier molecular flexibility index (Phi) is 3.68. The van der Waals surface area contributed by atoms with Crippen molar-refractivity contribution >= 4 is 5.91 Å². The number of aryl methyl sites for hydroxylation is 1. The lowest BCUT2D eigenvalue weighted by Crippen LogP contribution is -2.39. The Morgan fingerprint density at radius 2 is 2.00 bits per heavy atom. The molecule has 0 saturated carbocycles. The van der Waals surface area contributed by atoms with Crippen LogP contribution in [-0.2, 0) is 13.0 Å². The van der Waals surface area contributed by atoms with E-state index in [0.717, 1.165) is 11.1 Å². The maximum absolute atomic E-state index is 13.0. The summed E-state index contributed by atoms with van der Waals surface area (Å²) in [5.41, 5.74) is 2.21. The molecule has 3 aromatic rings. The Morgan fingerprint density at radius 1 is 1.20 bits per heavy atom. The highest BCUT2D eigenvalue weighted by Gasteiger charge is 2.36. The van der Waals surface area contributed by atoms with Crippen molar-refractivity contribution in [3.8, 4) is 5.75 Å². The van der Waals surface area contributed by atoms with Gasteiger partial charge in [-0.25, -0.2) is 4.98 Å². The molecule has 3 heterocycles. The number of aromatic nitrogens is 3. The molecule has 0 saturated heterocycles. The molecule has 0 spiro atoms. The van der Waals surface area contributed by atoms with E-state index in [2.05, 4.69) is 15.2 Å². The molecule has 0 bridgehead atoms. The SMILES string of the molecule is Cc1nnc(C2Cc3ccccc3CN2C(=O)c2ncccc2O)o1. The molecule has 1 aromatic carbocycles. The van der Waals surface area contributed by atoms with Gasteiger partial charge in [0, 0.05) is 26.1 Å². The fraction of sp³-hybridized carbons (Fsp3) is 0.222. The van der Waals surface area contributed by atoms with E-state index in [9.17, 15) is 9.90 Å². The summed E-state index contributed by atoms with van der Waals surface area (Å²) in [6.07, 6.45) is 2.05. The summed E-state index contributed by atoms with van der Waals surface area (Å²) in [5.74, 6) is 0.318. The summed E-state index contributed by atoms with van der Waals surface area (Å²) in [6.45, 7) is 2.10. The molecule has 7 heteroatoms. The molecule has 1 aliphatic heterocycles. The lowest BCUT2D eigenvalue weighted by atomic mass is 9.93. The van der Waals surface area contributed by atoms with Crippen molar-refractivity contribution in [1.29, 1.82) is 0 Å². The van der Waals surface area contributed by atoms with E-state index in [4.69, 9.17) is 4.42 Å². The summed E-state index contributed by atoms with van der Waals surface area (Å²) in [5, 5.41) is 18.0. The third-order valence-electron chi connectivity index (χ3n) is 4.33. The van der Waals surface area contributed by atoms with Crippen molar-refractivity contribution in [2.24, 2.45) is 0 Å². The first-order valence-corrected chi connectivity index (χ1v) is 7.95. The van der Waals surface area contributed by atoms with Crippen LogP contribution < -0.4 is 0 Å². The average Bonchev–Trinajstić information content (AvgIpc) is 3.07. The molecule has 1 unspecified atom stereocenters. The predicted octanol–water partition coefficient (Wildman–Crippen LogP) is 2.42. The van der Waals surface area contributed by atoms with Crippen LogP contribution >= 0.6 is 0 Å². The molecule has 7 nitrogen and oxygen atoms in total. The minimum Gasteiger partial charge on any atom is -0.505 e. The first kappa shape index (κ1) is 15.3. The van der Waals surface area contributed by atoms with Gasteiger partial charge in [0.1, 0.15) is 11.8 Å². The van der Waals surface area contributed by atoms with Gasteiger partial charge in [0.05, 0.1) is 0 Å². The van der Waals surface area contributed by atoms with Crippen molar-refractivity contribution < 1.29 is 14.3 Å². The quantitative estimate of drug-likeness (QED) is 0.772. The normalized spacial score (nSPS) is 16.5. The smallest absolute Gasteiger partial charge is 0.277 e. The molecule has 1 atom stereocenters. The predicted molar refractivity (Wildman–Crippen MR) is 87.7 cm³/mol. The van der Waals surface area contributed by atoms with Crippen LogP contribution in [0.1, 0.15) is 39.4 Å². The number of aromatic hydroxyl groups is 1. The molecule has 126 valence electrons. The number of rotatable bonds is 2. The molecule has 1 amide bonds. The van der Waals surface area contributed by atoms with Gasteiger partial charge in [-0.2, -0.15) is 0 Å². The van der Waals surface area contributed by atoms with Crippen molar-refractivity contribution in [3.05, 3.63) is 71.2 Å². The van der Waals surface area contributed by atoms with Gasteiger partial charge in [-0.15, -0.1) is 10.2 Å². The summed E-state index contributed by atoms with van der Waals surface area (Å²) < 4.78 is 5.59. The molecule has 1 N–H and O–H groups in total. The van der Waals surface area contributed by atoms with Gasteiger partial charge >= 0.3 is 0 Å². The summed E-state index contributed by atoms with van der Waals surface area (Å²) in [7, 11) is 0. The fourth-order valence-corrected chi connectivity index (χ4v) is 3.10. The molecule has 2 aromatic heterocycles. The van der Waals surface area contributed by atoms with E-state index in [0.29, 0.717) is 24.7 Å². The standard InChI is InChI=1S/C18H16N4O3/c1-11-20-21-17(25-11)14-9-12-5-2-3-6-13(12)10-22(14)18(24)16-15(23)7-4-8-19-16/h2-8,14,23H,9-10H2,1H3. The highest BCUT2D eigenvalue weighted by molar-refractivity contribution is 5.95. The molecule has 0 fully saturated rings. The summed E-state index contributed by atoms with van der Waals surface area (Å²) in [6, 6.07) is 10.6. The van der Waals surface area contributed by atoms with Crippen LogP contribution in [0.25, 0.3) is 0 Å². The van der Waals surface area contributed by atoms with Crippen molar-refractivity contribution in [3.63, 3.8) is 0 Å². The van der Waals surface area contributed by atoms with Crippen LogP contribution in [0.15, 0.2) is 47.0 Å². The maximum Gasteiger partial charge on any atom is 0.277 e. The minimum atomic E-state index is -0.398. The van der Waals surface area contributed by atoms with E-state index in [1.165, 1.54) is 12.3 Å². The number of nitrogens with zero attached hydrogens (tertiary/aromatic N) is 4. The number of amides is 1. The Labute approximate surface area is 144 Å². The molecule has 25 heavy (non-hydrogen) atoms. The zero-order valence-corrected chi connectivity index (χ0v) is 13.6. The number of carbonyl (C=O) groups excluding carboxylic acids is 1. The van der Waals surface area contributed by atoms with Crippen LogP contribution in [0.5, 0.6) is 5.75 Å². The summed E-state index contributed by atoms with van der Waals surface area (Å²) in [4.78, 5) is 18.7. The highest BCUT2D eigenvalue weighted by atomic mass is 16.4. The Balaban J connectivity index is 1.77. The van der Waals surface area contributed by atoms with Crippen LogP contribution in [-0.4, -0.2) is 31.1 Å². The van der Waals surface area contributed by atoms with E-state index in [1.807, 2.05) is 24.3 Å².